The van der Waals surface area contributed by atoms with Crippen LogP contribution >= 0.6 is 23.1 Å². The number of ether oxygens (including phenoxy) is 2. The van der Waals surface area contributed by atoms with Gasteiger partial charge in [0, 0.05) is 50.2 Å². The van der Waals surface area contributed by atoms with Crippen LogP contribution in [0.1, 0.15) is 19.8 Å². The maximum Gasteiger partial charge on any atom is 0.321 e. The Balaban J connectivity index is 1.07. The van der Waals surface area contributed by atoms with Crippen LogP contribution in [0, 0.1) is 0 Å². The zero-order valence-corrected chi connectivity index (χ0v) is 24.0. The standard InChI is InChI=1S/C26H33N9O3S2/c1-2-33-10-7-18(8-11-33)38-23-6-5-22-30-31-26(35(22)32-23)39-19-3-4-20-21(17-19)40-25(28-20)29-24(36)27-9-12-34-13-15-37-16-14-34/h3-6,17-18H,2,7-16H2,1H3,(H2,27,28,29,36). The van der Waals surface area contributed by atoms with Crippen LogP contribution < -0.4 is 15.4 Å². The third kappa shape index (κ3) is 6.63. The normalized spacial score (nSPS) is 17.4. The molecule has 4 aromatic rings. The number of carbonyl (C=O) groups excluding carboxylic acids is 1. The van der Waals surface area contributed by atoms with Crippen molar-refractivity contribution in [2.24, 2.45) is 0 Å². The van der Waals surface area contributed by atoms with Gasteiger partial charge in [-0.1, -0.05) is 18.3 Å². The number of benzene rings is 1. The minimum absolute atomic E-state index is 0.170. The van der Waals surface area contributed by atoms with Gasteiger partial charge in [-0.15, -0.1) is 15.3 Å². The molecule has 0 bridgehead atoms. The second kappa shape index (κ2) is 12.6. The molecule has 2 aliphatic rings. The predicted octanol–water partition coefficient (Wildman–Crippen LogP) is 3.20. The van der Waals surface area contributed by atoms with Crippen LogP contribution in [-0.4, -0.2) is 106 Å². The summed E-state index contributed by atoms with van der Waals surface area (Å²) >= 11 is 2.91. The number of nitrogens with one attached hydrogen (secondary N) is 2. The Labute approximate surface area is 240 Å². The van der Waals surface area contributed by atoms with Crippen molar-refractivity contribution < 1.29 is 14.3 Å². The second-order valence-electron chi connectivity index (χ2n) is 9.76. The summed E-state index contributed by atoms with van der Waals surface area (Å²) in [6.45, 7) is 10.0. The SMILES string of the molecule is CCN1CCC(Oc2ccc3nnc(Sc4ccc5nc(NC(=O)NCCN6CCOCC6)sc5c4)n3n2)CC1. The Bertz CT molecular complexity index is 1450. The molecule has 0 atom stereocenters. The molecular formula is C26H33N9O3S2. The molecule has 40 heavy (non-hydrogen) atoms. The quantitative estimate of drug-likeness (QED) is 0.304. The molecule has 2 saturated heterocycles. The van der Waals surface area contributed by atoms with Crippen LogP contribution in [0.2, 0.25) is 0 Å². The predicted molar refractivity (Wildman–Crippen MR) is 155 cm³/mol. The van der Waals surface area contributed by atoms with Crippen molar-refractivity contribution >= 4 is 50.1 Å². The number of rotatable bonds is 9. The summed E-state index contributed by atoms with van der Waals surface area (Å²) in [7, 11) is 0. The van der Waals surface area contributed by atoms with E-state index in [1.54, 1.807) is 4.52 Å². The highest BCUT2D eigenvalue weighted by molar-refractivity contribution is 7.99. The summed E-state index contributed by atoms with van der Waals surface area (Å²) in [4.78, 5) is 22.6. The number of anilines is 1. The number of urea groups is 1. The minimum Gasteiger partial charge on any atom is -0.473 e. The van der Waals surface area contributed by atoms with Crippen LogP contribution in [-0.2, 0) is 4.74 Å². The molecule has 1 aromatic carbocycles. The van der Waals surface area contributed by atoms with Crippen molar-refractivity contribution in [3.05, 3.63) is 30.3 Å². The molecule has 6 rings (SSSR count). The number of morpholine rings is 1. The zero-order chi connectivity index (χ0) is 27.3. The van der Waals surface area contributed by atoms with Crippen LogP contribution in [0.25, 0.3) is 15.9 Å². The number of hydrogen-bond acceptors (Lipinski definition) is 11. The Kier molecular flexibility index (Phi) is 8.58. The lowest BCUT2D eigenvalue weighted by Gasteiger charge is -2.30. The molecule has 0 unspecified atom stereocenters. The number of hydrogen-bond donors (Lipinski definition) is 2. The fourth-order valence-electron chi connectivity index (χ4n) is 4.81. The Morgan fingerprint density at radius 3 is 2.80 bits per heavy atom. The first-order valence-corrected chi connectivity index (χ1v) is 15.3. The number of piperidine rings is 1. The van der Waals surface area contributed by atoms with Gasteiger partial charge >= 0.3 is 6.03 Å². The molecule has 2 aliphatic heterocycles. The number of fused-ring (bicyclic) bond motifs is 2. The van der Waals surface area contributed by atoms with Gasteiger partial charge in [0.2, 0.25) is 11.0 Å². The van der Waals surface area contributed by atoms with Crippen LogP contribution in [0.4, 0.5) is 9.93 Å². The van der Waals surface area contributed by atoms with Crippen LogP contribution in [0.5, 0.6) is 5.88 Å². The molecule has 0 saturated carbocycles. The Morgan fingerprint density at radius 1 is 1.12 bits per heavy atom. The van der Waals surface area contributed by atoms with E-state index in [4.69, 9.17) is 9.47 Å². The van der Waals surface area contributed by atoms with Crippen molar-refractivity contribution in [3.63, 3.8) is 0 Å². The van der Waals surface area contributed by atoms with Gasteiger partial charge in [0.15, 0.2) is 10.8 Å². The first kappa shape index (κ1) is 27.1. The van der Waals surface area contributed by atoms with Gasteiger partial charge in [-0.2, -0.15) is 4.52 Å². The highest BCUT2D eigenvalue weighted by Crippen LogP contribution is 2.33. The summed E-state index contributed by atoms with van der Waals surface area (Å²) in [5.74, 6) is 0.584. The fraction of sp³-hybridized carbons (Fsp3) is 0.500. The van der Waals surface area contributed by atoms with Gasteiger partial charge in [0.1, 0.15) is 6.10 Å². The minimum atomic E-state index is -0.253. The summed E-state index contributed by atoms with van der Waals surface area (Å²) < 4.78 is 14.3. The van der Waals surface area contributed by atoms with Crippen LogP contribution in [0.3, 0.4) is 0 Å². The molecule has 0 radical (unpaired) electrons. The van der Waals surface area contributed by atoms with E-state index in [-0.39, 0.29) is 12.1 Å². The number of amides is 2. The molecule has 14 heteroatoms. The van der Waals surface area contributed by atoms with Crippen molar-refractivity contribution in [1.29, 1.82) is 0 Å². The number of aromatic nitrogens is 5. The van der Waals surface area contributed by atoms with E-state index in [0.29, 0.717) is 28.4 Å². The Hall–Kier alpha value is -3.04. The lowest BCUT2D eigenvalue weighted by molar-refractivity contribution is 0.0388. The lowest BCUT2D eigenvalue weighted by Crippen LogP contribution is -2.42. The molecule has 5 heterocycles. The summed E-state index contributed by atoms with van der Waals surface area (Å²) in [5, 5.41) is 20.3. The number of likely N-dealkylation sites (tertiary alicyclic amines) is 1. The van der Waals surface area contributed by atoms with Crippen molar-refractivity contribution in [2.45, 2.75) is 35.9 Å². The highest BCUT2D eigenvalue weighted by Gasteiger charge is 2.20. The molecule has 2 N–H and O–H groups in total. The number of nitrogens with zero attached hydrogens (tertiary/aromatic N) is 7. The number of thiazole rings is 1. The fourth-order valence-corrected chi connectivity index (χ4v) is 6.61. The molecule has 0 aliphatic carbocycles. The smallest absolute Gasteiger partial charge is 0.321 e. The van der Waals surface area contributed by atoms with Gasteiger partial charge in [0.05, 0.1) is 23.4 Å². The van der Waals surface area contributed by atoms with E-state index < -0.39 is 0 Å². The monoisotopic (exact) mass is 583 g/mol. The van der Waals surface area contributed by atoms with E-state index in [9.17, 15) is 4.79 Å². The molecule has 0 spiro atoms. The van der Waals surface area contributed by atoms with Gasteiger partial charge in [-0.25, -0.2) is 9.78 Å². The van der Waals surface area contributed by atoms with E-state index in [2.05, 4.69) is 47.6 Å². The van der Waals surface area contributed by atoms with Gasteiger partial charge < -0.3 is 19.7 Å². The van der Waals surface area contributed by atoms with E-state index >= 15 is 0 Å². The van der Waals surface area contributed by atoms with Crippen molar-refractivity contribution in [1.82, 2.24) is 39.9 Å². The average molecular weight is 584 g/mol. The van der Waals surface area contributed by atoms with Crippen molar-refractivity contribution in [3.8, 4) is 5.88 Å². The molecule has 2 amide bonds. The summed E-state index contributed by atoms with van der Waals surface area (Å²) in [6.07, 6.45) is 2.17. The van der Waals surface area contributed by atoms with E-state index in [1.165, 1.54) is 23.1 Å². The van der Waals surface area contributed by atoms with Crippen LogP contribution in [0.15, 0.2) is 40.4 Å². The van der Waals surface area contributed by atoms with E-state index in [0.717, 1.165) is 80.4 Å². The van der Waals surface area contributed by atoms with Gasteiger partial charge in [-0.05, 0) is 55.4 Å². The average Bonchev–Trinajstić information content (AvgIpc) is 3.56. The molecule has 3 aromatic heterocycles. The highest BCUT2D eigenvalue weighted by atomic mass is 32.2. The maximum atomic E-state index is 12.4. The van der Waals surface area contributed by atoms with Gasteiger partial charge in [-0.3, -0.25) is 10.2 Å². The Morgan fingerprint density at radius 2 is 1.98 bits per heavy atom. The zero-order valence-electron chi connectivity index (χ0n) is 22.4. The first-order chi connectivity index (χ1) is 19.6. The molecule has 12 nitrogen and oxygen atoms in total. The summed E-state index contributed by atoms with van der Waals surface area (Å²) in [6, 6.07) is 9.47. The third-order valence-corrected chi connectivity index (χ3v) is 8.95. The van der Waals surface area contributed by atoms with Crippen molar-refractivity contribution in [2.75, 3.05) is 64.3 Å². The molecule has 212 valence electrons. The molecular weight excluding hydrogens is 550 g/mol. The molecule has 2 fully saturated rings. The lowest BCUT2D eigenvalue weighted by atomic mass is 10.1. The first-order valence-electron chi connectivity index (χ1n) is 13.7. The van der Waals surface area contributed by atoms with Gasteiger partial charge in [0.25, 0.3) is 0 Å². The van der Waals surface area contributed by atoms with E-state index in [1.807, 2.05) is 30.3 Å². The maximum absolute atomic E-state index is 12.4. The number of carbonyl (C=O) groups is 1. The summed E-state index contributed by atoms with van der Waals surface area (Å²) in [5.41, 5.74) is 1.49. The largest absolute Gasteiger partial charge is 0.473 e. The third-order valence-electron chi connectivity index (χ3n) is 7.09. The second-order valence-corrected chi connectivity index (χ2v) is 11.8. The topological polar surface area (TPSA) is 122 Å².